The van der Waals surface area contributed by atoms with Gasteiger partial charge in [-0.1, -0.05) is 24.3 Å². The molecule has 1 fully saturated rings. The Bertz CT molecular complexity index is 353. The van der Waals surface area contributed by atoms with E-state index in [1.54, 1.807) is 0 Å². The lowest BCUT2D eigenvalue weighted by Gasteiger charge is -2.34. The standard InChI is InChI=1S/C15H25N3/c1-17-15(14-7-9-18(2)10-8-14)13-5-3-12(11-16)4-6-13/h3-6,14-15,17H,7-11,16H2,1-2H3. The predicted molar refractivity (Wildman–Crippen MR) is 76.4 cm³/mol. The molecule has 0 bridgehead atoms. The third-order valence-electron chi connectivity index (χ3n) is 4.12. The van der Waals surface area contributed by atoms with E-state index in [2.05, 4.69) is 48.6 Å². The lowest BCUT2D eigenvalue weighted by Crippen LogP contribution is -2.36. The van der Waals surface area contributed by atoms with Crippen molar-refractivity contribution in [2.75, 3.05) is 27.2 Å². The molecule has 1 aromatic carbocycles. The fourth-order valence-electron chi connectivity index (χ4n) is 2.90. The van der Waals surface area contributed by atoms with Crippen LogP contribution < -0.4 is 11.1 Å². The van der Waals surface area contributed by atoms with Crippen LogP contribution in [-0.4, -0.2) is 32.1 Å². The monoisotopic (exact) mass is 247 g/mol. The Labute approximate surface area is 110 Å². The molecule has 0 aromatic heterocycles. The van der Waals surface area contributed by atoms with E-state index in [9.17, 15) is 0 Å². The third kappa shape index (κ3) is 3.10. The van der Waals surface area contributed by atoms with E-state index in [1.165, 1.54) is 37.1 Å². The SMILES string of the molecule is CNC(c1ccc(CN)cc1)C1CCN(C)CC1. The van der Waals surface area contributed by atoms with Gasteiger partial charge in [0, 0.05) is 12.6 Å². The van der Waals surface area contributed by atoms with Gasteiger partial charge in [0.15, 0.2) is 0 Å². The predicted octanol–water partition coefficient (Wildman–Crippen LogP) is 1.75. The first-order valence-corrected chi connectivity index (χ1v) is 6.89. The molecule has 1 aliphatic heterocycles. The zero-order chi connectivity index (χ0) is 13.0. The molecule has 1 atom stereocenters. The number of rotatable bonds is 4. The molecule has 0 radical (unpaired) electrons. The topological polar surface area (TPSA) is 41.3 Å². The highest BCUT2D eigenvalue weighted by Gasteiger charge is 2.25. The molecule has 2 rings (SSSR count). The van der Waals surface area contributed by atoms with Gasteiger partial charge in [-0.2, -0.15) is 0 Å². The maximum atomic E-state index is 5.65. The molecule has 3 nitrogen and oxygen atoms in total. The fourth-order valence-corrected chi connectivity index (χ4v) is 2.90. The second-order valence-corrected chi connectivity index (χ2v) is 5.35. The van der Waals surface area contributed by atoms with Crippen molar-refractivity contribution in [3.63, 3.8) is 0 Å². The number of nitrogens with one attached hydrogen (secondary N) is 1. The van der Waals surface area contributed by atoms with Gasteiger partial charge in [0.25, 0.3) is 0 Å². The molecular formula is C15H25N3. The number of hydrogen-bond donors (Lipinski definition) is 2. The van der Waals surface area contributed by atoms with Crippen LogP contribution >= 0.6 is 0 Å². The van der Waals surface area contributed by atoms with Gasteiger partial charge in [-0.05, 0) is 57.1 Å². The minimum Gasteiger partial charge on any atom is -0.326 e. The van der Waals surface area contributed by atoms with Crippen molar-refractivity contribution in [3.8, 4) is 0 Å². The third-order valence-corrected chi connectivity index (χ3v) is 4.12. The quantitative estimate of drug-likeness (QED) is 0.851. The Morgan fingerprint density at radius 1 is 1.28 bits per heavy atom. The molecule has 1 heterocycles. The average Bonchev–Trinajstić information content (AvgIpc) is 2.42. The first kappa shape index (κ1) is 13.5. The molecule has 0 aliphatic carbocycles. The first-order chi connectivity index (χ1) is 8.74. The molecule has 1 saturated heterocycles. The molecular weight excluding hydrogens is 222 g/mol. The van der Waals surface area contributed by atoms with Gasteiger partial charge in [0.1, 0.15) is 0 Å². The van der Waals surface area contributed by atoms with Crippen LogP contribution in [0, 0.1) is 5.92 Å². The Hall–Kier alpha value is -0.900. The van der Waals surface area contributed by atoms with Crippen LogP contribution in [0.25, 0.3) is 0 Å². The maximum Gasteiger partial charge on any atom is 0.0347 e. The van der Waals surface area contributed by atoms with Crippen LogP contribution in [0.15, 0.2) is 24.3 Å². The largest absolute Gasteiger partial charge is 0.326 e. The molecule has 1 unspecified atom stereocenters. The van der Waals surface area contributed by atoms with E-state index in [4.69, 9.17) is 5.73 Å². The van der Waals surface area contributed by atoms with Crippen molar-refractivity contribution in [1.82, 2.24) is 10.2 Å². The van der Waals surface area contributed by atoms with Gasteiger partial charge < -0.3 is 16.0 Å². The summed E-state index contributed by atoms with van der Waals surface area (Å²) in [7, 11) is 4.28. The molecule has 0 amide bonds. The molecule has 100 valence electrons. The first-order valence-electron chi connectivity index (χ1n) is 6.89. The smallest absolute Gasteiger partial charge is 0.0347 e. The highest BCUT2D eigenvalue weighted by molar-refractivity contribution is 5.25. The summed E-state index contributed by atoms with van der Waals surface area (Å²) in [5.41, 5.74) is 8.24. The summed E-state index contributed by atoms with van der Waals surface area (Å²) in [6.07, 6.45) is 2.56. The number of benzene rings is 1. The molecule has 0 saturated carbocycles. The number of nitrogens with two attached hydrogens (primary N) is 1. The lowest BCUT2D eigenvalue weighted by molar-refractivity contribution is 0.188. The van der Waals surface area contributed by atoms with E-state index in [-0.39, 0.29) is 0 Å². The van der Waals surface area contributed by atoms with Crippen molar-refractivity contribution in [2.24, 2.45) is 11.7 Å². The van der Waals surface area contributed by atoms with Crippen LogP contribution in [0.3, 0.4) is 0 Å². The van der Waals surface area contributed by atoms with Crippen molar-refractivity contribution in [1.29, 1.82) is 0 Å². The van der Waals surface area contributed by atoms with Crippen LogP contribution in [0.5, 0.6) is 0 Å². The average molecular weight is 247 g/mol. The van der Waals surface area contributed by atoms with Gasteiger partial charge in [-0.3, -0.25) is 0 Å². The Balaban J connectivity index is 2.07. The Morgan fingerprint density at radius 2 is 1.89 bits per heavy atom. The summed E-state index contributed by atoms with van der Waals surface area (Å²) in [5.74, 6) is 0.745. The maximum absolute atomic E-state index is 5.65. The van der Waals surface area contributed by atoms with E-state index in [1.807, 2.05) is 0 Å². The highest BCUT2D eigenvalue weighted by atomic mass is 15.1. The van der Waals surface area contributed by atoms with Crippen LogP contribution in [0.1, 0.15) is 30.0 Å². The molecule has 3 heteroatoms. The Morgan fingerprint density at radius 3 is 2.39 bits per heavy atom. The van der Waals surface area contributed by atoms with Gasteiger partial charge in [-0.25, -0.2) is 0 Å². The van der Waals surface area contributed by atoms with Gasteiger partial charge in [0.05, 0.1) is 0 Å². The lowest BCUT2D eigenvalue weighted by atomic mass is 9.85. The number of nitrogens with zero attached hydrogens (tertiary/aromatic N) is 1. The van der Waals surface area contributed by atoms with Crippen LogP contribution in [0.2, 0.25) is 0 Å². The zero-order valence-electron chi connectivity index (χ0n) is 11.5. The zero-order valence-corrected chi connectivity index (χ0v) is 11.5. The molecule has 18 heavy (non-hydrogen) atoms. The van der Waals surface area contributed by atoms with E-state index < -0.39 is 0 Å². The van der Waals surface area contributed by atoms with Crippen LogP contribution in [0.4, 0.5) is 0 Å². The molecule has 1 aromatic rings. The van der Waals surface area contributed by atoms with Gasteiger partial charge in [-0.15, -0.1) is 0 Å². The number of piperidine rings is 1. The summed E-state index contributed by atoms with van der Waals surface area (Å²) in [5, 5.41) is 3.49. The van der Waals surface area contributed by atoms with E-state index >= 15 is 0 Å². The van der Waals surface area contributed by atoms with Crippen LogP contribution in [-0.2, 0) is 6.54 Å². The number of hydrogen-bond acceptors (Lipinski definition) is 3. The Kier molecular flexibility index (Phi) is 4.75. The summed E-state index contributed by atoms with van der Waals surface area (Å²) in [6, 6.07) is 9.22. The molecule has 0 spiro atoms. The normalized spacial score (nSPS) is 19.9. The van der Waals surface area contributed by atoms with Gasteiger partial charge in [0.2, 0.25) is 0 Å². The van der Waals surface area contributed by atoms with Gasteiger partial charge >= 0.3 is 0 Å². The van der Waals surface area contributed by atoms with Crippen molar-refractivity contribution < 1.29 is 0 Å². The fraction of sp³-hybridized carbons (Fsp3) is 0.600. The number of likely N-dealkylation sites (tertiary alicyclic amines) is 1. The highest BCUT2D eigenvalue weighted by Crippen LogP contribution is 2.30. The van der Waals surface area contributed by atoms with Crippen molar-refractivity contribution in [3.05, 3.63) is 35.4 Å². The minimum absolute atomic E-state index is 0.477. The molecule has 3 N–H and O–H groups in total. The summed E-state index contributed by atoms with van der Waals surface area (Å²) < 4.78 is 0. The van der Waals surface area contributed by atoms with Crippen molar-refractivity contribution in [2.45, 2.75) is 25.4 Å². The van der Waals surface area contributed by atoms with E-state index in [0.29, 0.717) is 12.6 Å². The minimum atomic E-state index is 0.477. The summed E-state index contributed by atoms with van der Waals surface area (Å²) in [4.78, 5) is 2.42. The molecule has 1 aliphatic rings. The van der Waals surface area contributed by atoms with E-state index in [0.717, 1.165) is 5.92 Å². The van der Waals surface area contributed by atoms with Crippen molar-refractivity contribution >= 4 is 0 Å². The second kappa shape index (κ2) is 6.32. The summed E-state index contributed by atoms with van der Waals surface area (Å²) in [6.45, 7) is 3.05. The summed E-state index contributed by atoms with van der Waals surface area (Å²) >= 11 is 0. The second-order valence-electron chi connectivity index (χ2n) is 5.35.